The van der Waals surface area contributed by atoms with Gasteiger partial charge in [-0.3, -0.25) is 4.79 Å². The first-order chi connectivity index (χ1) is 10.0. The Morgan fingerprint density at radius 2 is 1.90 bits per heavy atom. The second-order valence-electron chi connectivity index (χ2n) is 4.91. The van der Waals surface area contributed by atoms with Gasteiger partial charge in [0.15, 0.2) is 0 Å². The van der Waals surface area contributed by atoms with Gasteiger partial charge in [-0.1, -0.05) is 12.1 Å². The Balaban J connectivity index is 2.07. The molecule has 1 amide bonds. The number of halogens is 1. The van der Waals surface area contributed by atoms with Crippen LogP contribution in [0.3, 0.4) is 0 Å². The molecular formula is C16H18FN3O. The van der Waals surface area contributed by atoms with Crippen molar-refractivity contribution >= 4 is 11.7 Å². The number of aromatic nitrogens is 1. The van der Waals surface area contributed by atoms with Gasteiger partial charge in [0, 0.05) is 25.4 Å². The van der Waals surface area contributed by atoms with E-state index < -0.39 is 0 Å². The largest absolute Gasteiger partial charge is 0.373 e. The molecule has 1 aromatic carbocycles. The van der Waals surface area contributed by atoms with Crippen LogP contribution in [0.4, 0.5) is 10.2 Å². The lowest BCUT2D eigenvalue weighted by Crippen LogP contribution is -2.23. The van der Waals surface area contributed by atoms with Gasteiger partial charge in [-0.2, -0.15) is 0 Å². The van der Waals surface area contributed by atoms with Crippen molar-refractivity contribution in [2.45, 2.75) is 20.4 Å². The molecule has 0 radical (unpaired) electrons. The first-order valence-corrected chi connectivity index (χ1v) is 6.69. The average molecular weight is 287 g/mol. The molecule has 110 valence electrons. The van der Waals surface area contributed by atoms with Gasteiger partial charge >= 0.3 is 0 Å². The van der Waals surface area contributed by atoms with E-state index in [9.17, 15) is 9.18 Å². The second kappa shape index (κ2) is 6.35. The monoisotopic (exact) mass is 287 g/mol. The van der Waals surface area contributed by atoms with Gasteiger partial charge in [-0.15, -0.1) is 0 Å². The number of rotatable bonds is 4. The molecule has 0 aliphatic carbocycles. The predicted molar refractivity (Wildman–Crippen MR) is 80.8 cm³/mol. The smallest absolute Gasteiger partial charge is 0.251 e. The van der Waals surface area contributed by atoms with E-state index in [4.69, 9.17) is 0 Å². The summed E-state index contributed by atoms with van der Waals surface area (Å²) >= 11 is 0. The zero-order chi connectivity index (χ0) is 15.4. The number of pyridine rings is 1. The summed E-state index contributed by atoms with van der Waals surface area (Å²) in [7, 11) is 1.74. The summed E-state index contributed by atoms with van der Waals surface area (Å²) in [4.78, 5) is 16.1. The van der Waals surface area contributed by atoms with Crippen LogP contribution in [0.5, 0.6) is 0 Å². The van der Waals surface area contributed by atoms with Crippen LogP contribution in [0.1, 0.15) is 27.0 Å². The van der Waals surface area contributed by atoms with Crippen molar-refractivity contribution in [3.63, 3.8) is 0 Å². The van der Waals surface area contributed by atoms with E-state index >= 15 is 0 Å². The van der Waals surface area contributed by atoms with Crippen LogP contribution in [0.2, 0.25) is 0 Å². The Morgan fingerprint density at radius 3 is 2.52 bits per heavy atom. The van der Waals surface area contributed by atoms with Gasteiger partial charge < -0.3 is 10.6 Å². The zero-order valence-corrected chi connectivity index (χ0v) is 12.3. The van der Waals surface area contributed by atoms with E-state index in [0.29, 0.717) is 29.1 Å². The molecule has 0 aliphatic rings. The minimum Gasteiger partial charge on any atom is -0.373 e. The summed E-state index contributed by atoms with van der Waals surface area (Å²) in [5.74, 6) is 0.252. The zero-order valence-electron chi connectivity index (χ0n) is 12.3. The highest BCUT2D eigenvalue weighted by molar-refractivity contribution is 5.94. The summed E-state index contributed by atoms with van der Waals surface area (Å²) in [5.41, 5.74) is 2.58. The number of carbonyl (C=O) groups is 1. The predicted octanol–water partition coefficient (Wildman–Crippen LogP) is 2.81. The van der Waals surface area contributed by atoms with Gasteiger partial charge in [0.1, 0.15) is 11.6 Å². The molecule has 0 spiro atoms. The molecule has 1 aromatic heterocycles. The summed E-state index contributed by atoms with van der Waals surface area (Å²) in [6.07, 6.45) is 1.58. The summed E-state index contributed by atoms with van der Waals surface area (Å²) < 4.78 is 13.6. The first kappa shape index (κ1) is 15.0. The van der Waals surface area contributed by atoms with E-state index in [1.165, 1.54) is 0 Å². The second-order valence-corrected chi connectivity index (χ2v) is 4.91. The van der Waals surface area contributed by atoms with Crippen LogP contribution < -0.4 is 10.6 Å². The molecule has 2 N–H and O–H groups in total. The van der Waals surface area contributed by atoms with Gasteiger partial charge in [0.05, 0.1) is 0 Å². The number of amides is 1. The SMILES string of the molecule is CNc1cc(C(=O)NCc2cc(C)c(F)c(C)c2)ccn1. The number of nitrogens with zero attached hydrogens (tertiary/aromatic N) is 1. The fourth-order valence-corrected chi connectivity index (χ4v) is 2.13. The van der Waals surface area contributed by atoms with Crippen LogP contribution in [0.25, 0.3) is 0 Å². The Morgan fingerprint density at radius 1 is 1.24 bits per heavy atom. The Kier molecular flexibility index (Phi) is 4.52. The third-order valence-electron chi connectivity index (χ3n) is 3.23. The highest BCUT2D eigenvalue weighted by Crippen LogP contribution is 2.15. The normalized spacial score (nSPS) is 10.3. The topological polar surface area (TPSA) is 54.0 Å². The maximum absolute atomic E-state index is 13.6. The number of nitrogens with one attached hydrogen (secondary N) is 2. The quantitative estimate of drug-likeness (QED) is 0.909. The molecule has 1 heterocycles. The number of benzene rings is 1. The van der Waals surface area contributed by atoms with E-state index in [2.05, 4.69) is 15.6 Å². The molecule has 0 fully saturated rings. The Hall–Kier alpha value is -2.43. The molecule has 0 bridgehead atoms. The maximum atomic E-state index is 13.6. The molecule has 5 heteroatoms. The van der Waals surface area contributed by atoms with Crippen molar-refractivity contribution in [3.05, 3.63) is 58.5 Å². The van der Waals surface area contributed by atoms with Gasteiger partial charge in [-0.05, 0) is 42.7 Å². The third-order valence-corrected chi connectivity index (χ3v) is 3.23. The van der Waals surface area contributed by atoms with Crippen molar-refractivity contribution in [2.24, 2.45) is 0 Å². The van der Waals surface area contributed by atoms with Crippen LogP contribution in [-0.2, 0) is 6.54 Å². The minimum atomic E-state index is -0.196. The Labute approximate surface area is 123 Å². The van der Waals surface area contributed by atoms with E-state index in [0.717, 1.165) is 5.56 Å². The fraction of sp³-hybridized carbons (Fsp3) is 0.250. The highest BCUT2D eigenvalue weighted by atomic mass is 19.1. The first-order valence-electron chi connectivity index (χ1n) is 6.69. The number of aryl methyl sites for hydroxylation is 2. The summed E-state index contributed by atoms with van der Waals surface area (Å²) in [6.45, 7) is 3.80. The third kappa shape index (κ3) is 3.56. The maximum Gasteiger partial charge on any atom is 0.251 e. The minimum absolute atomic E-state index is 0.187. The molecule has 0 aliphatic heterocycles. The lowest BCUT2D eigenvalue weighted by atomic mass is 10.1. The lowest BCUT2D eigenvalue weighted by Gasteiger charge is -2.09. The number of hydrogen-bond acceptors (Lipinski definition) is 3. The van der Waals surface area contributed by atoms with E-state index in [1.54, 1.807) is 51.4 Å². The van der Waals surface area contributed by atoms with E-state index in [1.807, 2.05) is 0 Å². The molecule has 0 atom stereocenters. The Bertz CT molecular complexity index is 647. The van der Waals surface area contributed by atoms with E-state index in [-0.39, 0.29) is 11.7 Å². The molecule has 4 nitrogen and oxygen atoms in total. The fourth-order valence-electron chi connectivity index (χ4n) is 2.13. The molecule has 21 heavy (non-hydrogen) atoms. The number of anilines is 1. The molecule has 2 rings (SSSR count). The van der Waals surface area contributed by atoms with Gasteiger partial charge in [0.25, 0.3) is 5.91 Å². The van der Waals surface area contributed by atoms with Gasteiger partial charge in [-0.25, -0.2) is 9.37 Å². The molecule has 0 unspecified atom stereocenters. The van der Waals surface area contributed by atoms with Crippen molar-refractivity contribution in [1.29, 1.82) is 0 Å². The average Bonchev–Trinajstić information content (AvgIpc) is 2.50. The van der Waals surface area contributed by atoms with Crippen molar-refractivity contribution < 1.29 is 9.18 Å². The van der Waals surface area contributed by atoms with Crippen molar-refractivity contribution in [2.75, 3.05) is 12.4 Å². The van der Waals surface area contributed by atoms with Crippen LogP contribution >= 0.6 is 0 Å². The number of hydrogen-bond donors (Lipinski definition) is 2. The van der Waals surface area contributed by atoms with Crippen LogP contribution in [0, 0.1) is 19.7 Å². The standard InChI is InChI=1S/C16H18FN3O/c1-10-6-12(7-11(2)15(10)17)9-20-16(21)13-4-5-19-14(8-13)18-3/h4-8H,9H2,1-3H3,(H,18,19)(H,20,21). The highest BCUT2D eigenvalue weighted by Gasteiger charge is 2.08. The van der Waals surface area contributed by atoms with Crippen molar-refractivity contribution in [3.8, 4) is 0 Å². The number of carbonyl (C=O) groups excluding carboxylic acids is 1. The molecular weight excluding hydrogens is 269 g/mol. The molecule has 2 aromatic rings. The molecule has 0 saturated carbocycles. The summed E-state index contributed by atoms with van der Waals surface area (Å²) in [5, 5.41) is 5.71. The summed E-state index contributed by atoms with van der Waals surface area (Å²) in [6, 6.07) is 6.82. The van der Waals surface area contributed by atoms with Crippen LogP contribution in [-0.4, -0.2) is 17.9 Å². The van der Waals surface area contributed by atoms with Crippen molar-refractivity contribution in [1.82, 2.24) is 10.3 Å². The van der Waals surface area contributed by atoms with Crippen LogP contribution in [0.15, 0.2) is 30.5 Å². The van der Waals surface area contributed by atoms with Gasteiger partial charge in [0.2, 0.25) is 0 Å². The lowest BCUT2D eigenvalue weighted by molar-refractivity contribution is 0.0951. The molecule has 0 saturated heterocycles.